The van der Waals surface area contributed by atoms with Gasteiger partial charge in [-0.2, -0.15) is 0 Å². The van der Waals surface area contributed by atoms with Gasteiger partial charge < -0.3 is 26.4 Å². The number of hydrogen-bond donors (Lipinski definition) is 4. The second-order valence-corrected chi connectivity index (χ2v) is 9.44. The normalized spacial score (nSPS) is 32.5. The molecular weight excluding hydrogens is 415 g/mol. The Bertz CT molecular complexity index is 799. The molecule has 2 amide bonds. The molecular formula is C20H26Cl2N4O3. The average molecular weight is 441 g/mol. The Hall–Kier alpha value is -1.54. The van der Waals surface area contributed by atoms with Crippen LogP contribution in [0.2, 0.25) is 10.0 Å². The van der Waals surface area contributed by atoms with E-state index in [-0.39, 0.29) is 35.5 Å². The summed E-state index contributed by atoms with van der Waals surface area (Å²) in [5.41, 5.74) is 5.36. The van der Waals surface area contributed by atoms with Gasteiger partial charge in [-0.25, -0.2) is 0 Å². The zero-order valence-electron chi connectivity index (χ0n) is 16.1. The van der Waals surface area contributed by atoms with Gasteiger partial charge in [-0.3, -0.25) is 9.59 Å². The van der Waals surface area contributed by atoms with E-state index in [2.05, 4.69) is 16.0 Å². The third kappa shape index (κ3) is 4.33. The molecule has 2 bridgehead atoms. The van der Waals surface area contributed by atoms with Crippen LogP contribution < -0.4 is 26.4 Å². The molecule has 5 rings (SSSR count). The largest absolute Gasteiger partial charge is 0.484 e. The van der Waals surface area contributed by atoms with Crippen molar-refractivity contribution >= 4 is 35.0 Å². The SMILES string of the molecule is NCC1CCNC(C(=O)NC23CC(NC(=O)COc4ccc(Cl)c(Cl)c4)(C2)C3)C1. The molecule has 1 aliphatic heterocycles. The minimum Gasteiger partial charge on any atom is -0.484 e. The second kappa shape index (κ2) is 7.95. The lowest BCUT2D eigenvalue weighted by molar-refractivity contribution is -0.151. The van der Waals surface area contributed by atoms with Crippen LogP contribution in [0.1, 0.15) is 32.1 Å². The predicted molar refractivity (Wildman–Crippen MR) is 111 cm³/mol. The minimum atomic E-state index is -0.217. The molecule has 2 unspecified atom stereocenters. The number of nitrogens with one attached hydrogen (secondary N) is 3. The summed E-state index contributed by atoms with van der Waals surface area (Å²) in [4.78, 5) is 24.8. The third-order valence-electron chi connectivity index (χ3n) is 6.25. The van der Waals surface area contributed by atoms with E-state index >= 15 is 0 Å². The summed E-state index contributed by atoms with van der Waals surface area (Å²) in [7, 11) is 0. The first-order chi connectivity index (χ1) is 13.8. The molecule has 0 radical (unpaired) electrons. The fourth-order valence-electron chi connectivity index (χ4n) is 4.86. The Morgan fingerprint density at radius 3 is 2.59 bits per heavy atom. The van der Waals surface area contributed by atoms with Crippen LogP contribution in [-0.2, 0) is 9.59 Å². The lowest BCUT2D eigenvalue weighted by Gasteiger charge is -2.70. The standard InChI is InChI=1S/C20H26Cl2N4O3/c21-14-2-1-13(6-15(14)22)29-8-17(27)25-19-9-20(10-19,11-19)26-18(28)16-5-12(7-23)3-4-24-16/h1-2,6,12,16,24H,3-5,7-11,23H2,(H,25,27)(H,26,28). The van der Waals surface area contributed by atoms with Crippen LogP contribution in [0.15, 0.2) is 18.2 Å². The lowest BCUT2D eigenvalue weighted by Crippen LogP contribution is -2.84. The summed E-state index contributed by atoms with van der Waals surface area (Å²) in [5.74, 6) is 0.758. The summed E-state index contributed by atoms with van der Waals surface area (Å²) < 4.78 is 5.48. The smallest absolute Gasteiger partial charge is 0.258 e. The van der Waals surface area contributed by atoms with Crippen molar-refractivity contribution in [1.29, 1.82) is 0 Å². The van der Waals surface area contributed by atoms with Gasteiger partial charge in [-0.05, 0) is 63.2 Å². The Kier molecular flexibility index (Phi) is 5.68. The highest BCUT2D eigenvalue weighted by Crippen LogP contribution is 2.60. The number of halogens is 2. The number of hydrogen-bond acceptors (Lipinski definition) is 5. The molecule has 29 heavy (non-hydrogen) atoms. The quantitative estimate of drug-likeness (QED) is 0.515. The van der Waals surface area contributed by atoms with Crippen LogP contribution in [0.4, 0.5) is 0 Å². The Morgan fingerprint density at radius 1 is 1.17 bits per heavy atom. The first-order valence-electron chi connectivity index (χ1n) is 9.96. The monoisotopic (exact) mass is 440 g/mol. The molecule has 0 spiro atoms. The van der Waals surface area contributed by atoms with E-state index in [0.717, 1.165) is 38.6 Å². The number of carbonyl (C=O) groups is 2. The van der Waals surface area contributed by atoms with Crippen molar-refractivity contribution in [2.75, 3.05) is 19.7 Å². The topological polar surface area (TPSA) is 105 Å². The molecule has 0 aromatic heterocycles. The highest BCUT2D eigenvalue weighted by molar-refractivity contribution is 6.42. The Balaban J connectivity index is 1.20. The number of rotatable bonds is 7. The molecule has 3 aliphatic carbocycles. The predicted octanol–water partition coefficient (Wildman–Crippen LogP) is 1.61. The van der Waals surface area contributed by atoms with E-state index in [0.29, 0.717) is 28.3 Å². The van der Waals surface area contributed by atoms with Crippen LogP contribution in [-0.4, -0.2) is 48.6 Å². The molecule has 2 atom stereocenters. The van der Waals surface area contributed by atoms with E-state index in [9.17, 15) is 9.59 Å². The van der Waals surface area contributed by atoms with Gasteiger partial charge in [0.25, 0.3) is 5.91 Å². The maximum absolute atomic E-state index is 12.6. The van der Waals surface area contributed by atoms with Crippen LogP contribution in [0.25, 0.3) is 0 Å². The van der Waals surface area contributed by atoms with Gasteiger partial charge in [-0.1, -0.05) is 23.2 Å². The van der Waals surface area contributed by atoms with Gasteiger partial charge in [0, 0.05) is 17.1 Å². The summed E-state index contributed by atoms with van der Waals surface area (Å²) in [5, 5.41) is 10.3. The van der Waals surface area contributed by atoms with E-state index in [1.165, 1.54) is 0 Å². The maximum Gasteiger partial charge on any atom is 0.258 e. The lowest BCUT2D eigenvalue weighted by atomic mass is 9.44. The number of nitrogens with two attached hydrogens (primary N) is 1. The number of benzene rings is 1. The Morgan fingerprint density at radius 2 is 1.90 bits per heavy atom. The number of piperidine rings is 1. The fourth-order valence-corrected chi connectivity index (χ4v) is 5.15. The number of carbonyl (C=O) groups excluding carboxylic acids is 2. The van der Waals surface area contributed by atoms with Crippen molar-refractivity contribution in [3.8, 4) is 5.75 Å². The van der Waals surface area contributed by atoms with Crippen LogP contribution in [0.3, 0.4) is 0 Å². The number of ether oxygens (including phenoxy) is 1. The minimum absolute atomic E-state index is 0.0470. The molecule has 4 fully saturated rings. The van der Waals surface area contributed by atoms with Crippen molar-refractivity contribution in [2.24, 2.45) is 11.7 Å². The van der Waals surface area contributed by atoms with E-state index in [1.54, 1.807) is 18.2 Å². The van der Waals surface area contributed by atoms with Gasteiger partial charge in [0.05, 0.1) is 16.1 Å². The summed E-state index contributed by atoms with van der Waals surface area (Å²) >= 11 is 11.8. The maximum atomic E-state index is 12.6. The highest BCUT2D eigenvalue weighted by Gasteiger charge is 2.69. The summed E-state index contributed by atoms with van der Waals surface area (Å²) in [6.07, 6.45) is 4.09. The molecule has 1 aromatic carbocycles. The van der Waals surface area contributed by atoms with Gasteiger partial charge in [0.1, 0.15) is 5.75 Å². The van der Waals surface area contributed by atoms with E-state index in [4.69, 9.17) is 33.7 Å². The first-order valence-corrected chi connectivity index (χ1v) is 10.7. The molecule has 1 aromatic rings. The molecule has 1 heterocycles. The zero-order chi connectivity index (χ0) is 20.6. The zero-order valence-corrected chi connectivity index (χ0v) is 17.6. The third-order valence-corrected chi connectivity index (χ3v) is 6.99. The molecule has 5 N–H and O–H groups in total. The Labute approximate surface area is 180 Å². The molecule has 158 valence electrons. The van der Waals surface area contributed by atoms with E-state index in [1.807, 2.05) is 0 Å². The molecule has 1 saturated heterocycles. The van der Waals surface area contributed by atoms with Gasteiger partial charge >= 0.3 is 0 Å². The second-order valence-electron chi connectivity index (χ2n) is 8.63. The van der Waals surface area contributed by atoms with Gasteiger partial charge in [-0.15, -0.1) is 0 Å². The van der Waals surface area contributed by atoms with Crippen LogP contribution in [0.5, 0.6) is 5.75 Å². The molecule has 3 saturated carbocycles. The van der Waals surface area contributed by atoms with Gasteiger partial charge in [0.15, 0.2) is 6.61 Å². The summed E-state index contributed by atoms with van der Waals surface area (Å²) in [6.45, 7) is 1.35. The van der Waals surface area contributed by atoms with Crippen LogP contribution >= 0.6 is 23.2 Å². The van der Waals surface area contributed by atoms with Crippen LogP contribution in [0, 0.1) is 5.92 Å². The van der Waals surface area contributed by atoms with Gasteiger partial charge in [0.2, 0.25) is 5.91 Å². The van der Waals surface area contributed by atoms with Crippen molar-refractivity contribution < 1.29 is 14.3 Å². The van der Waals surface area contributed by atoms with Crippen molar-refractivity contribution in [3.63, 3.8) is 0 Å². The fraction of sp³-hybridized carbons (Fsp3) is 0.600. The highest BCUT2D eigenvalue weighted by atomic mass is 35.5. The first kappa shape index (κ1) is 20.7. The average Bonchev–Trinajstić information content (AvgIpc) is 2.66. The molecule has 4 aliphatic rings. The molecule has 9 heteroatoms. The molecule has 7 nitrogen and oxygen atoms in total. The van der Waals surface area contributed by atoms with Crippen molar-refractivity contribution in [3.05, 3.63) is 28.2 Å². The van der Waals surface area contributed by atoms with E-state index < -0.39 is 0 Å². The number of amides is 2. The summed E-state index contributed by atoms with van der Waals surface area (Å²) in [6, 6.07) is 4.71. The van der Waals surface area contributed by atoms with Crippen molar-refractivity contribution in [2.45, 2.75) is 49.2 Å². The van der Waals surface area contributed by atoms with Crippen molar-refractivity contribution in [1.82, 2.24) is 16.0 Å².